The van der Waals surface area contributed by atoms with Gasteiger partial charge >= 0.3 is 0 Å². The van der Waals surface area contributed by atoms with E-state index in [2.05, 4.69) is 38.2 Å². The second-order valence-corrected chi connectivity index (χ2v) is 6.45. The third-order valence-corrected chi connectivity index (χ3v) is 5.35. The highest BCUT2D eigenvalue weighted by atomic mass is 79.9. The van der Waals surface area contributed by atoms with Gasteiger partial charge in [0, 0.05) is 19.1 Å². The standard InChI is InChI=1S/C12H20BrN5/c1-17-8-3-4-9(17)6-7(5-8)10(14)11-12(13)15-16-18(11)2/h7-10H,3-6,14H2,1-2H3. The van der Waals surface area contributed by atoms with Crippen molar-refractivity contribution in [3.8, 4) is 0 Å². The Morgan fingerprint density at radius 3 is 2.39 bits per heavy atom. The van der Waals surface area contributed by atoms with Crippen LogP contribution in [0, 0.1) is 5.92 Å². The average Bonchev–Trinajstić information content (AvgIpc) is 2.76. The Morgan fingerprint density at radius 2 is 1.89 bits per heavy atom. The minimum Gasteiger partial charge on any atom is -0.322 e. The molecule has 6 heteroatoms. The molecule has 1 aromatic heterocycles. The number of aryl methyl sites for hydroxylation is 1. The summed E-state index contributed by atoms with van der Waals surface area (Å²) >= 11 is 3.46. The van der Waals surface area contributed by atoms with E-state index < -0.39 is 0 Å². The van der Waals surface area contributed by atoms with Crippen molar-refractivity contribution in [3.63, 3.8) is 0 Å². The summed E-state index contributed by atoms with van der Waals surface area (Å²) in [6, 6.07) is 1.48. The van der Waals surface area contributed by atoms with Crippen LogP contribution >= 0.6 is 15.9 Å². The average molecular weight is 314 g/mol. The molecule has 3 unspecified atom stereocenters. The van der Waals surface area contributed by atoms with Crippen LogP contribution in [0.4, 0.5) is 0 Å². The van der Waals surface area contributed by atoms with Crippen LogP contribution in [0.15, 0.2) is 4.60 Å². The summed E-state index contributed by atoms with van der Waals surface area (Å²) in [5, 5.41) is 8.07. The van der Waals surface area contributed by atoms with E-state index in [9.17, 15) is 0 Å². The molecule has 3 heterocycles. The number of aromatic nitrogens is 3. The Bertz CT molecular complexity index is 412. The SMILES string of the molecule is CN1C2CCC1CC(C(N)c1c(Br)nnn1C)C2. The van der Waals surface area contributed by atoms with Crippen molar-refractivity contribution >= 4 is 15.9 Å². The summed E-state index contributed by atoms with van der Waals surface area (Å²) in [4.78, 5) is 2.54. The second kappa shape index (κ2) is 4.58. The summed E-state index contributed by atoms with van der Waals surface area (Å²) in [5.74, 6) is 0.548. The smallest absolute Gasteiger partial charge is 0.153 e. The number of piperidine rings is 1. The van der Waals surface area contributed by atoms with Crippen molar-refractivity contribution in [2.75, 3.05) is 7.05 Å². The number of halogens is 1. The van der Waals surface area contributed by atoms with Crippen molar-refractivity contribution in [2.45, 2.75) is 43.8 Å². The molecular formula is C12H20BrN5. The zero-order valence-corrected chi connectivity index (χ0v) is 12.5. The molecule has 2 fully saturated rings. The van der Waals surface area contributed by atoms with E-state index >= 15 is 0 Å². The zero-order valence-electron chi connectivity index (χ0n) is 10.9. The third kappa shape index (κ3) is 1.90. The molecule has 3 atom stereocenters. The summed E-state index contributed by atoms with van der Waals surface area (Å²) in [6.45, 7) is 0. The summed E-state index contributed by atoms with van der Waals surface area (Å²) in [6.07, 6.45) is 5.06. The highest BCUT2D eigenvalue weighted by Crippen LogP contribution is 2.42. The molecule has 100 valence electrons. The van der Waals surface area contributed by atoms with Crippen LogP contribution in [0.3, 0.4) is 0 Å². The predicted octanol–water partition coefficient (Wildman–Crippen LogP) is 1.45. The Kier molecular flexibility index (Phi) is 3.20. The van der Waals surface area contributed by atoms with Crippen molar-refractivity contribution < 1.29 is 0 Å². The van der Waals surface area contributed by atoms with Gasteiger partial charge in [0.2, 0.25) is 0 Å². The molecule has 0 aliphatic carbocycles. The number of rotatable bonds is 2. The molecule has 1 aromatic rings. The van der Waals surface area contributed by atoms with Gasteiger partial charge in [0.1, 0.15) is 0 Å². The minimum absolute atomic E-state index is 0.0381. The maximum Gasteiger partial charge on any atom is 0.153 e. The van der Waals surface area contributed by atoms with E-state index in [1.165, 1.54) is 25.7 Å². The van der Waals surface area contributed by atoms with E-state index in [-0.39, 0.29) is 6.04 Å². The molecule has 18 heavy (non-hydrogen) atoms. The predicted molar refractivity (Wildman–Crippen MR) is 72.9 cm³/mol. The first kappa shape index (κ1) is 12.6. The quantitative estimate of drug-likeness (QED) is 0.897. The van der Waals surface area contributed by atoms with Gasteiger partial charge in [-0.1, -0.05) is 5.21 Å². The number of nitrogens with zero attached hydrogens (tertiary/aromatic N) is 4. The van der Waals surface area contributed by atoms with Crippen LogP contribution in [0.5, 0.6) is 0 Å². The van der Waals surface area contributed by atoms with Gasteiger partial charge in [-0.05, 0) is 54.6 Å². The maximum absolute atomic E-state index is 6.46. The van der Waals surface area contributed by atoms with Crippen LogP contribution in [-0.4, -0.2) is 39.0 Å². The first-order valence-electron chi connectivity index (χ1n) is 6.60. The highest BCUT2D eigenvalue weighted by molar-refractivity contribution is 9.10. The Hall–Kier alpha value is -0.460. The van der Waals surface area contributed by atoms with Crippen LogP contribution in [0.2, 0.25) is 0 Å². The number of fused-ring (bicyclic) bond motifs is 2. The lowest BCUT2D eigenvalue weighted by Gasteiger charge is -2.38. The van der Waals surface area contributed by atoms with E-state index in [4.69, 9.17) is 5.73 Å². The molecule has 2 aliphatic heterocycles. The van der Waals surface area contributed by atoms with Gasteiger partial charge in [0.15, 0.2) is 4.60 Å². The molecular weight excluding hydrogens is 294 g/mol. The maximum atomic E-state index is 6.46. The first-order valence-corrected chi connectivity index (χ1v) is 7.39. The van der Waals surface area contributed by atoms with Crippen molar-refractivity contribution in [3.05, 3.63) is 10.3 Å². The topological polar surface area (TPSA) is 60.0 Å². The fourth-order valence-corrected chi connectivity index (χ4v) is 4.25. The van der Waals surface area contributed by atoms with E-state index in [0.717, 1.165) is 22.4 Å². The first-order chi connectivity index (χ1) is 8.58. The Balaban J connectivity index is 1.80. The Morgan fingerprint density at radius 1 is 1.28 bits per heavy atom. The molecule has 2 saturated heterocycles. The molecule has 2 bridgehead atoms. The van der Waals surface area contributed by atoms with Gasteiger partial charge in [-0.2, -0.15) is 0 Å². The van der Waals surface area contributed by atoms with E-state index in [1.807, 2.05) is 7.05 Å². The lowest BCUT2D eigenvalue weighted by Crippen LogP contribution is -2.43. The summed E-state index contributed by atoms with van der Waals surface area (Å²) < 4.78 is 2.60. The Labute approximate surface area is 116 Å². The molecule has 0 spiro atoms. The van der Waals surface area contributed by atoms with Gasteiger partial charge in [0.25, 0.3) is 0 Å². The summed E-state index contributed by atoms with van der Waals surface area (Å²) in [7, 11) is 4.17. The number of nitrogens with two attached hydrogens (primary N) is 1. The van der Waals surface area contributed by atoms with Gasteiger partial charge in [-0.25, -0.2) is 4.68 Å². The fraction of sp³-hybridized carbons (Fsp3) is 0.833. The molecule has 0 amide bonds. The molecule has 0 saturated carbocycles. The van der Waals surface area contributed by atoms with E-state index in [0.29, 0.717) is 5.92 Å². The van der Waals surface area contributed by atoms with Crippen LogP contribution in [0.1, 0.15) is 37.4 Å². The number of hydrogen-bond acceptors (Lipinski definition) is 4. The minimum atomic E-state index is 0.0381. The normalized spacial score (nSPS) is 33.9. The third-order valence-electron chi connectivity index (χ3n) is 4.78. The molecule has 5 nitrogen and oxygen atoms in total. The van der Waals surface area contributed by atoms with Gasteiger partial charge < -0.3 is 10.6 Å². The zero-order chi connectivity index (χ0) is 12.9. The molecule has 0 radical (unpaired) electrons. The monoisotopic (exact) mass is 313 g/mol. The number of hydrogen-bond donors (Lipinski definition) is 1. The van der Waals surface area contributed by atoms with E-state index in [1.54, 1.807) is 4.68 Å². The van der Waals surface area contributed by atoms with Crippen molar-refractivity contribution in [2.24, 2.45) is 18.7 Å². The lowest BCUT2D eigenvalue weighted by molar-refractivity contribution is 0.119. The van der Waals surface area contributed by atoms with Crippen LogP contribution in [0.25, 0.3) is 0 Å². The summed E-state index contributed by atoms with van der Waals surface area (Å²) in [5.41, 5.74) is 7.50. The van der Waals surface area contributed by atoms with Gasteiger partial charge in [-0.15, -0.1) is 5.10 Å². The van der Waals surface area contributed by atoms with Crippen molar-refractivity contribution in [1.29, 1.82) is 0 Å². The second-order valence-electron chi connectivity index (χ2n) is 5.70. The van der Waals surface area contributed by atoms with Gasteiger partial charge in [-0.3, -0.25) is 0 Å². The largest absolute Gasteiger partial charge is 0.322 e. The lowest BCUT2D eigenvalue weighted by atomic mass is 9.84. The molecule has 2 aliphatic rings. The molecule has 0 aromatic carbocycles. The van der Waals surface area contributed by atoms with Crippen molar-refractivity contribution in [1.82, 2.24) is 19.9 Å². The van der Waals surface area contributed by atoms with Crippen LogP contribution in [-0.2, 0) is 7.05 Å². The van der Waals surface area contributed by atoms with Crippen LogP contribution < -0.4 is 5.73 Å². The molecule has 3 rings (SSSR count). The van der Waals surface area contributed by atoms with Gasteiger partial charge in [0.05, 0.1) is 11.7 Å². The highest BCUT2D eigenvalue weighted by Gasteiger charge is 2.41. The fourth-order valence-electron chi connectivity index (χ4n) is 3.66. The molecule has 2 N–H and O–H groups in total.